The monoisotopic (exact) mass is 336 g/mol. The minimum absolute atomic E-state index is 0.147. The SMILES string of the molecule is Cc1ccc(C#Cc2cn(C)nc2-c2cc(Cl)c(C)cc2O)cc1. The van der Waals surface area contributed by atoms with Crippen molar-refractivity contribution in [3.05, 3.63) is 69.9 Å². The van der Waals surface area contributed by atoms with Crippen LogP contribution in [0.15, 0.2) is 42.6 Å². The Balaban J connectivity index is 2.06. The van der Waals surface area contributed by atoms with Crippen molar-refractivity contribution in [3.8, 4) is 28.8 Å². The number of aryl methyl sites for hydroxylation is 3. The summed E-state index contributed by atoms with van der Waals surface area (Å²) in [7, 11) is 1.83. The van der Waals surface area contributed by atoms with Crippen molar-refractivity contribution in [2.75, 3.05) is 0 Å². The van der Waals surface area contributed by atoms with Gasteiger partial charge in [-0.05, 0) is 43.7 Å². The molecule has 120 valence electrons. The summed E-state index contributed by atoms with van der Waals surface area (Å²) >= 11 is 6.20. The van der Waals surface area contributed by atoms with E-state index in [9.17, 15) is 5.11 Å². The number of nitrogens with zero attached hydrogens (tertiary/aromatic N) is 2. The fraction of sp³-hybridized carbons (Fsp3) is 0.150. The van der Waals surface area contributed by atoms with E-state index >= 15 is 0 Å². The first-order chi connectivity index (χ1) is 11.4. The van der Waals surface area contributed by atoms with Crippen molar-refractivity contribution in [2.24, 2.45) is 7.05 Å². The van der Waals surface area contributed by atoms with Crippen molar-refractivity contribution in [3.63, 3.8) is 0 Å². The molecule has 4 heteroatoms. The van der Waals surface area contributed by atoms with Gasteiger partial charge in [-0.25, -0.2) is 0 Å². The lowest BCUT2D eigenvalue weighted by molar-refractivity contribution is 0.476. The highest BCUT2D eigenvalue weighted by Gasteiger charge is 2.14. The van der Waals surface area contributed by atoms with Gasteiger partial charge >= 0.3 is 0 Å². The minimum atomic E-state index is 0.147. The molecule has 0 amide bonds. The van der Waals surface area contributed by atoms with E-state index in [-0.39, 0.29) is 5.75 Å². The van der Waals surface area contributed by atoms with Crippen molar-refractivity contribution in [1.82, 2.24) is 9.78 Å². The van der Waals surface area contributed by atoms with E-state index in [0.29, 0.717) is 16.3 Å². The second-order valence-corrected chi connectivity index (χ2v) is 6.21. The molecule has 3 nitrogen and oxygen atoms in total. The highest BCUT2D eigenvalue weighted by atomic mass is 35.5. The van der Waals surface area contributed by atoms with Gasteiger partial charge in [0.1, 0.15) is 11.4 Å². The van der Waals surface area contributed by atoms with Crippen LogP contribution in [0.2, 0.25) is 5.02 Å². The van der Waals surface area contributed by atoms with Crippen LogP contribution in [0.4, 0.5) is 0 Å². The molecule has 0 unspecified atom stereocenters. The Bertz CT molecular complexity index is 960. The van der Waals surface area contributed by atoms with E-state index in [2.05, 4.69) is 16.9 Å². The summed E-state index contributed by atoms with van der Waals surface area (Å²) in [4.78, 5) is 0. The average Bonchev–Trinajstić information content (AvgIpc) is 2.91. The summed E-state index contributed by atoms with van der Waals surface area (Å²) in [6.45, 7) is 3.89. The number of hydrogen-bond acceptors (Lipinski definition) is 2. The van der Waals surface area contributed by atoms with Crippen LogP contribution in [-0.2, 0) is 7.05 Å². The predicted octanol–water partition coefficient (Wildman–Crippen LogP) is 4.46. The molecule has 3 rings (SSSR count). The van der Waals surface area contributed by atoms with Gasteiger partial charge < -0.3 is 5.11 Å². The summed E-state index contributed by atoms with van der Waals surface area (Å²) in [5.74, 6) is 6.43. The number of rotatable bonds is 1. The van der Waals surface area contributed by atoms with Crippen LogP contribution >= 0.6 is 11.6 Å². The van der Waals surface area contributed by atoms with E-state index in [1.165, 1.54) is 5.56 Å². The van der Waals surface area contributed by atoms with Crippen molar-refractivity contribution < 1.29 is 5.11 Å². The lowest BCUT2D eigenvalue weighted by Gasteiger charge is -2.05. The molecule has 0 saturated heterocycles. The Hall–Kier alpha value is -2.70. The Morgan fingerprint density at radius 2 is 1.79 bits per heavy atom. The topological polar surface area (TPSA) is 38.0 Å². The van der Waals surface area contributed by atoms with Gasteiger partial charge in [-0.2, -0.15) is 5.10 Å². The zero-order valence-corrected chi connectivity index (χ0v) is 14.5. The molecule has 0 fully saturated rings. The van der Waals surface area contributed by atoms with Crippen molar-refractivity contribution >= 4 is 11.6 Å². The van der Waals surface area contributed by atoms with Crippen LogP contribution in [-0.4, -0.2) is 14.9 Å². The zero-order valence-electron chi connectivity index (χ0n) is 13.8. The number of benzene rings is 2. The number of aromatic nitrogens is 2. The van der Waals surface area contributed by atoms with Gasteiger partial charge in [0.05, 0.1) is 5.56 Å². The van der Waals surface area contributed by atoms with Gasteiger partial charge in [0.25, 0.3) is 0 Å². The number of phenolic OH excluding ortho intramolecular Hbond substituents is 1. The number of hydrogen-bond donors (Lipinski definition) is 1. The standard InChI is InChI=1S/C20H17ClN2O/c1-13-4-6-15(7-5-13)8-9-16-12-23(3)22-20(16)17-11-18(21)14(2)10-19(17)24/h4-7,10-12,24H,1-3H3. The highest BCUT2D eigenvalue weighted by Crippen LogP contribution is 2.34. The molecule has 0 bridgehead atoms. The average molecular weight is 337 g/mol. The molecule has 0 spiro atoms. The lowest BCUT2D eigenvalue weighted by Crippen LogP contribution is -1.89. The van der Waals surface area contributed by atoms with Crippen LogP contribution in [0, 0.1) is 25.7 Å². The highest BCUT2D eigenvalue weighted by molar-refractivity contribution is 6.31. The van der Waals surface area contributed by atoms with Crippen LogP contribution < -0.4 is 0 Å². The zero-order chi connectivity index (χ0) is 17.3. The molecule has 0 atom stereocenters. The first kappa shape index (κ1) is 16.2. The number of aromatic hydroxyl groups is 1. The normalized spacial score (nSPS) is 10.3. The third-order valence-corrected chi connectivity index (χ3v) is 4.16. The van der Waals surface area contributed by atoms with Crippen LogP contribution in [0.3, 0.4) is 0 Å². The molecule has 0 aliphatic heterocycles. The summed E-state index contributed by atoms with van der Waals surface area (Å²) in [5, 5.41) is 15.3. The maximum atomic E-state index is 10.3. The van der Waals surface area contributed by atoms with Crippen LogP contribution in [0.5, 0.6) is 5.75 Å². The smallest absolute Gasteiger partial charge is 0.125 e. The maximum absolute atomic E-state index is 10.3. The van der Waals surface area contributed by atoms with Gasteiger partial charge in [0.15, 0.2) is 0 Å². The predicted molar refractivity (Wildman–Crippen MR) is 97.2 cm³/mol. The molecule has 0 aliphatic carbocycles. The fourth-order valence-corrected chi connectivity index (χ4v) is 2.57. The first-order valence-corrected chi connectivity index (χ1v) is 7.93. The lowest BCUT2D eigenvalue weighted by atomic mass is 10.0. The molecule has 1 N–H and O–H groups in total. The van der Waals surface area contributed by atoms with Gasteiger partial charge in [-0.1, -0.05) is 41.1 Å². The molecule has 1 heterocycles. The summed E-state index contributed by atoms with van der Waals surface area (Å²) in [5.41, 5.74) is 4.90. The first-order valence-electron chi connectivity index (χ1n) is 7.56. The Kier molecular flexibility index (Phi) is 4.33. The second-order valence-electron chi connectivity index (χ2n) is 5.80. The molecule has 24 heavy (non-hydrogen) atoms. The van der Waals surface area contributed by atoms with Crippen molar-refractivity contribution in [1.29, 1.82) is 0 Å². The Morgan fingerprint density at radius 1 is 1.08 bits per heavy atom. The van der Waals surface area contributed by atoms with E-state index < -0.39 is 0 Å². The quantitative estimate of drug-likeness (QED) is 0.666. The molecule has 2 aromatic carbocycles. The largest absolute Gasteiger partial charge is 0.507 e. The van der Waals surface area contributed by atoms with Gasteiger partial charge in [-0.3, -0.25) is 4.68 Å². The molecule has 0 saturated carbocycles. The van der Waals surface area contributed by atoms with Gasteiger partial charge in [-0.15, -0.1) is 0 Å². The molecule has 0 radical (unpaired) electrons. The summed E-state index contributed by atoms with van der Waals surface area (Å²) in [6, 6.07) is 11.4. The van der Waals surface area contributed by atoms with Gasteiger partial charge in [0.2, 0.25) is 0 Å². The van der Waals surface area contributed by atoms with Crippen LogP contribution in [0.1, 0.15) is 22.3 Å². The third kappa shape index (κ3) is 3.29. The number of phenols is 1. The van der Waals surface area contributed by atoms with Crippen LogP contribution in [0.25, 0.3) is 11.3 Å². The molecule has 1 aromatic heterocycles. The maximum Gasteiger partial charge on any atom is 0.125 e. The van der Waals surface area contributed by atoms with E-state index in [1.54, 1.807) is 16.8 Å². The molecule has 0 aliphatic rings. The van der Waals surface area contributed by atoms with Crippen molar-refractivity contribution in [2.45, 2.75) is 13.8 Å². The minimum Gasteiger partial charge on any atom is -0.507 e. The molecular weight excluding hydrogens is 320 g/mol. The van der Waals surface area contributed by atoms with Gasteiger partial charge in [0, 0.05) is 29.4 Å². The third-order valence-electron chi connectivity index (χ3n) is 3.75. The Labute approximate surface area is 146 Å². The molecule has 3 aromatic rings. The second kappa shape index (κ2) is 6.43. The number of halogens is 1. The fourth-order valence-electron chi connectivity index (χ4n) is 2.41. The summed E-state index contributed by atoms with van der Waals surface area (Å²) < 4.78 is 1.68. The Morgan fingerprint density at radius 3 is 2.50 bits per heavy atom. The molecular formula is C20H17ClN2O. The van der Waals surface area contributed by atoms with E-state index in [1.807, 2.05) is 51.4 Å². The summed E-state index contributed by atoms with van der Waals surface area (Å²) in [6.07, 6.45) is 1.84. The van der Waals surface area contributed by atoms with E-state index in [4.69, 9.17) is 11.6 Å². The van der Waals surface area contributed by atoms with E-state index in [0.717, 1.165) is 16.7 Å².